The zero-order valence-electron chi connectivity index (χ0n) is 10.6. The molecule has 19 heavy (non-hydrogen) atoms. The molecule has 0 aliphatic heterocycles. The highest BCUT2D eigenvalue weighted by molar-refractivity contribution is 7.80. The molecular formula is C13H13N3O2S. The number of benzene rings is 1. The van der Waals surface area contributed by atoms with E-state index in [1.165, 1.54) is 4.90 Å². The molecule has 2 rings (SSSR count). The molecule has 0 bridgehead atoms. The fourth-order valence-electron chi connectivity index (χ4n) is 1.60. The number of nitrogens with two attached hydrogens (primary N) is 1. The Kier molecular flexibility index (Phi) is 3.62. The first kappa shape index (κ1) is 13.2. The predicted octanol–water partition coefficient (Wildman–Crippen LogP) is 1.89. The van der Waals surface area contributed by atoms with E-state index in [1.807, 2.05) is 0 Å². The molecule has 0 aliphatic carbocycles. The van der Waals surface area contributed by atoms with Crippen LogP contribution in [0.4, 0.5) is 5.69 Å². The van der Waals surface area contributed by atoms with Gasteiger partial charge in [-0.15, -0.1) is 0 Å². The van der Waals surface area contributed by atoms with Crippen molar-refractivity contribution in [3.05, 3.63) is 47.3 Å². The molecule has 2 N–H and O–H groups in total. The second-order valence-electron chi connectivity index (χ2n) is 4.11. The molecule has 0 saturated heterocycles. The average Bonchev–Trinajstić information content (AvgIpc) is 2.84. The van der Waals surface area contributed by atoms with Crippen molar-refractivity contribution < 1.29 is 9.32 Å². The maximum Gasteiger partial charge on any atom is 0.296 e. The minimum Gasteiger partial charge on any atom is -0.389 e. The average molecular weight is 275 g/mol. The molecule has 0 radical (unpaired) electrons. The van der Waals surface area contributed by atoms with Crippen molar-refractivity contribution in [3.63, 3.8) is 0 Å². The number of hydrogen-bond donors (Lipinski definition) is 1. The SMILES string of the molecule is Cc1cc(C(=O)N(C)c2ccc(C(N)=S)cc2)on1. The van der Waals surface area contributed by atoms with E-state index in [0.717, 1.165) is 11.3 Å². The Morgan fingerprint density at radius 2 is 2.00 bits per heavy atom. The van der Waals surface area contributed by atoms with E-state index in [9.17, 15) is 4.79 Å². The minimum atomic E-state index is -0.260. The van der Waals surface area contributed by atoms with E-state index >= 15 is 0 Å². The van der Waals surface area contributed by atoms with Crippen molar-refractivity contribution in [1.82, 2.24) is 5.16 Å². The molecule has 0 saturated carbocycles. The van der Waals surface area contributed by atoms with E-state index in [4.69, 9.17) is 22.5 Å². The van der Waals surface area contributed by atoms with E-state index in [1.54, 1.807) is 44.3 Å². The lowest BCUT2D eigenvalue weighted by Gasteiger charge is -2.15. The van der Waals surface area contributed by atoms with Crippen LogP contribution in [0.25, 0.3) is 0 Å². The van der Waals surface area contributed by atoms with Crippen molar-refractivity contribution in [2.75, 3.05) is 11.9 Å². The highest BCUT2D eigenvalue weighted by Gasteiger charge is 2.17. The van der Waals surface area contributed by atoms with Crippen LogP contribution < -0.4 is 10.6 Å². The molecule has 98 valence electrons. The van der Waals surface area contributed by atoms with E-state index < -0.39 is 0 Å². The molecule has 0 fully saturated rings. The summed E-state index contributed by atoms with van der Waals surface area (Å²) in [5, 5.41) is 3.69. The lowest BCUT2D eigenvalue weighted by molar-refractivity contribution is 0.0957. The largest absolute Gasteiger partial charge is 0.389 e. The summed E-state index contributed by atoms with van der Waals surface area (Å²) in [6.07, 6.45) is 0. The fourth-order valence-corrected chi connectivity index (χ4v) is 1.73. The fraction of sp³-hybridized carbons (Fsp3) is 0.154. The van der Waals surface area contributed by atoms with Crippen LogP contribution >= 0.6 is 12.2 Å². The van der Waals surface area contributed by atoms with Crippen LogP contribution in [0.3, 0.4) is 0 Å². The van der Waals surface area contributed by atoms with Gasteiger partial charge in [0.25, 0.3) is 5.91 Å². The number of thiocarbonyl (C=S) groups is 1. The Labute approximate surface area is 116 Å². The van der Waals surface area contributed by atoms with Gasteiger partial charge in [0.05, 0.1) is 5.69 Å². The summed E-state index contributed by atoms with van der Waals surface area (Å²) in [5.41, 5.74) is 7.67. The monoisotopic (exact) mass is 275 g/mol. The predicted molar refractivity (Wildman–Crippen MR) is 76.3 cm³/mol. The molecule has 1 heterocycles. The maximum absolute atomic E-state index is 12.1. The highest BCUT2D eigenvalue weighted by atomic mass is 32.1. The summed E-state index contributed by atoms with van der Waals surface area (Å²) in [5.74, 6) is -0.0536. The molecule has 6 heteroatoms. The summed E-state index contributed by atoms with van der Waals surface area (Å²) in [6, 6.07) is 8.69. The van der Waals surface area contributed by atoms with Crippen molar-refractivity contribution >= 4 is 28.8 Å². The van der Waals surface area contributed by atoms with Crippen molar-refractivity contribution in [3.8, 4) is 0 Å². The maximum atomic E-state index is 12.1. The Bertz CT molecular complexity index is 619. The zero-order valence-corrected chi connectivity index (χ0v) is 11.4. The number of aromatic nitrogens is 1. The molecular weight excluding hydrogens is 262 g/mol. The molecule has 0 aliphatic rings. The van der Waals surface area contributed by atoms with E-state index in [0.29, 0.717) is 10.7 Å². The Morgan fingerprint density at radius 1 is 1.37 bits per heavy atom. The lowest BCUT2D eigenvalue weighted by Crippen LogP contribution is -2.25. The Hall–Kier alpha value is -2.21. The van der Waals surface area contributed by atoms with Crippen LogP contribution in [0.15, 0.2) is 34.9 Å². The minimum absolute atomic E-state index is 0.207. The standard InChI is InChI=1S/C13H13N3O2S/c1-8-7-11(18-15-8)13(17)16(2)10-5-3-9(4-6-10)12(14)19/h3-7H,1-2H3,(H2,14,19). The molecule has 2 aromatic rings. The number of amides is 1. The first-order valence-electron chi connectivity index (χ1n) is 5.60. The molecule has 1 aromatic carbocycles. The van der Waals surface area contributed by atoms with Crippen LogP contribution in [0.2, 0.25) is 0 Å². The summed E-state index contributed by atoms with van der Waals surface area (Å²) < 4.78 is 4.95. The van der Waals surface area contributed by atoms with Gasteiger partial charge >= 0.3 is 0 Å². The first-order valence-corrected chi connectivity index (χ1v) is 6.01. The number of rotatable bonds is 3. The molecule has 1 amide bonds. The number of aryl methyl sites for hydroxylation is 1. The Balaban J connectivity index is 2.21. The lowest BCUT2D eigenvalue weighted by atomic mass is 10.2. The smallest absolute Gasteiger partial charge is 0.296 e. The van der Waals surface area contributed by atoms with E-state index in [-0.39, 0.29) is 11.7 Å². The van der Waals surface area contributed by atoms with Gasteiger partial charge in [-0.3, -0.25) is 4.79 Å². The summed E-state index contributed by atoms with van der Waals surface area (Å²) >= 11 is 4.88. The number of carbonyl (C=O) groups is 1. The topological polar surface area (TPSA) is 72.4 Å². The molecule has 0 spiro atoms. The molecule has 0 unspecified atom stereocenters. The van der Waals surface area contributed by atoms with E-state index in [2.05, 4.69) is 5.16 Å². The van der Waals surface area contributed by atoms with Crippen molar-refractivity contribution in [1.29, 1.82) is 0 Å². The number of hydrogen-bond acceptors (Lipinski definition) is 4. The van der Waals surface area contributed by atoms with Gasteiger partial charge in [-0.05, 0) is 31.2 Å². The quantitative estimate of drug-likeness (QED) is 0.866. The highest BCUT2D eigenvalue weighted by Crippen LogP contribution is 2.17. The van der Waals surface area contributed by atoms with Crippen LogP contribution in [-0.4, -0.2) is 23.1 Å². The molecule has 5 nitrogen and oxygen atoms in total. The molecule has 1 aromatic heterocycles. The number of carbonyl (C=O) groups excluding carboxylic acids is 1. The van der Waals surface area contributed by atoms with Crippen LogP contribution in [0.5, 0.6) is 0 Å². The van der Waals surface area contributed by atoms with Gasteiger partial charge in [-0.2, -0.15) is 0 Å². The van der Waals surface area contributed by atoms with Crippen LogP contribution in [0, 0.1) is 6.92 Å². The molecule has 0 atom stereocenters. The summed E-state index contributed by atoms with van der Waals surface area (Å²) in [4.78, 5) is 13.9. The third-order valence-corrected chi connectivity index (χ3v) is 2.92. The normalized spacial score (nSPS) is 10.2. The van der Waals surface area contributed by atoms with Gasteiger partial charge in [-0.25, -0.2) is 0 Å². The van der Waals surface area contributed by atoms with Gasteiger partial charge in [0.15, 0.2) is 0 Å². The van der Waals surface area contributed by atoms with Gasteiger partial charge in [0.2, 0.25) is 5.76 Å². The van der Waals surface area contributed by atoms with Gasteiger partial charge in [-0.1, -0.05) is 17.4 Å². The summed E-state index contributed by atoms with van der Waals surface area (Å²) in [7, 11) is 1.66. The van der Waals surface area contributed by atoms with Gasteiger partial charge in [0.1, 0.15) is 4.99 Å². The van der Waals surface area contributed by atoms with Gasteiger partial charge < -0.3 is 15.2 Å². The van der Waals surface area contributed by atoms with Gasteiger partial charge in [0, 0.05) is 24.4 Å². The second kappa shape index (κ2) is 5.19. The summed E-state index contributed by atoms with van der Waals surface area (Å²) in [6.45, 7) is 1.76. The third-order valence-electron chi connectivity index (χ3n) is 2.68. The first-order chi connectivity index (χ1) is 8.99. The zero-order chi connectivity index (χ0) is 14.0. The Morgan fingerprint density at radius 3 is 2.47 bits per heavy atom. The third kappa shape index (κ3) is 2.79. The van der Waals surface area contributed by atoms with Crippen LogP contribution in [0.1, 0.15) is 21.8 Å². The van der Waals surface area contributed by atoms with Crippen molar-refractivity contribution in [2.24, 2.45) is 5.73 Å². The number of nitrogens with zero attached hydrogens (tertiary/aromatic N) is 2. The van der Waals surface area contributed by atoms with Crippen LogP contribution in [-0.2, 0) is 0 Å². The second-order valence-corrected chi connectivity index (χ2v) is 4.55. The van der Waals surface area contributed by atoms with Crippen molar-refractivity contribution in [2.45, 2.75) is 6.92 Å². The number of anilines is 1.